The first-order valence-electron chi connectivity index (χ1n) is 9.37. The second-order valence-corrected chi connectivity index (χ2v) is 6.78. The number of hydrogen-bond donors (Lipinski definition) is 0. The van der Waals surface area contributed by atoms with Gasteiger partial charge in [-0.05, 0) is 25.0 Å². The van der Waals surface area contributed by atoms with Crippen LogP contribution in [0.15, 0.2) is 30.6 Å². The lowest BCUT2D eigenvalue weighted by molar-refractivity contribution is 0.0746. The van der Waals surface area contributed by atoms with Crippen LogP contribution in [0.1, 0.15) is 23.2 Å². The first-order chi connectivity index (χ1) is 13.2. The Morgan fingerprint density at radius 1 is 0.963 bits per heavy atom. The number of methoxy groups -OCH3 is 1. The number of carbonyl (C=O) groups excluding carboxylic acids is 1. The van der Waals surface area contributed by atoms with E-state index in [0.717, 1.165) is 37.9 Å². The number of nitrogens with zero attached hydrogens (tertiary/aromatic N) is 6. The molecule has 0 N–H and O–H groups in total. The molecular formula is C19H24N6O2. The predicted octanol–water partition coefficient (Wildman–Crippen LogP) is 1.44. The molecule has 2 aromatic heterocycles. The first-order valence-corrected chi connectivity index (χ1v) is 9.37. The van der Waals surface area contributed by atoms with E-state index in [9.17, 15) is 4.79 Å². The van der Waals surface area contributed by atoms with E-state index in [2.05, 4.69) is 19.8 Å². The van der Waals surface area contributed by atoms with Gasteiger partial charge in [0, 0.05) is 63.3 Å². The van der Waals surface area contributed by atoms with Gasteiger partial charge in [-0.3, -0.25) is 4.79 Å². The minimum absolute atomic E-state index is 0.00999. The second-order valence-electron chi connectivity index (χ2n) is 6.78. The maximum absolute atomic E-state index is 12.7. The molecule has 2 aliphatic rings. The largest absolute Gasteiger partial charge is 0.481 e. The lowest BCUT2D eigenvalue weighted by atomic mass is 10.2. The molecule has 142 valence electrons. The van der Waals surface area contributed by atoms with Gasteiger partial charge < -0.3 is 19.4 Å². The van der Waals surface area contributed by atoms with Crippen LogP contribution in [0.5, 0.6) is 5.88 Å². The summed E-state index contributed by atoms with van der Waals surface area (Å²) in [5.74, 6) is 2.21. The topological polar surface area (TPSA) is 74.7 Å². The van der Waals surface area contributed by atoms with Crippen molar-refractivity contribution in [2.24, 2.45) is 0 Å². The Kier molecular flexibility index (Phi) is 5.04. The maximum atomic E-state index is 12.7. The van der Waals surface area contributed by atoms with E-state index in [1.54, 1.807) is 25.4 Å². The highest BCUT2D eigenvalue weighted by Crippen LogP contribution is 2.20. The van der Waals surface area contributed by atoms with Crippen molar-refractivity contribution in [1.29, 1.82) is 0 Å². The Hall–Kier alpha value is -2.90. The SMILES string of the molecule is COc1cc(C(=O)N2CCN(c3ccnc(N4CCCC4)n3)CC2)ccn1. The molecule has 2 fully saturated rings. The monoisotopic (exact) mass is 368 g/mol. The van der Waals surface area contributed by atoms with E-state index >= 15 is 0 Å². The molecule has 0 unspecified atom stereocenters. The van der Waals surface area contributed by atoms with Gasteiger partial charge in [0.05, 0.1) is 7.11 Å². The number of hydrogen-bond acceptors (Lipinski definition) is 7. The molecule has 2 saturated heterocycles. The summed E-state index contributed by atoms with van der Waals surface area (Å²) in [6, 6.07) is 5.36. The van der Waals surface area contributed by atoms with Gasteiger partial charge >= 0.3 is 0 Å². The highest BCUT2D eigenvalue weighted by molar-refractivity contribution is 5.94. The van der Waals surface area contributed by atoms with Crippen molar-refractivity contribution in [3.8, 4) is 5.88 Å². The number of pyridine rings is 1. The number of piperazine rings is 1. The van der Waals surface area contributed by atoms with Crippen LogP contribution in [0.4, 0.5) is 11.8 Å². The van der Waals surface area contributed by atoms with Crippen LogP contribution in [0.25, 0.3) is 0 Å². The van der Waals surface area contributed by atoms with Crippen LogP contribution in [0.2, 0.25) is 0 Å². The number of anilines is 2. The van der Waals surface area contributed by atoms with Gasteiger partial charge in [0.15, 0.2) is 0 Å². The quantitative estimate of drug-likeness (QED) is 0.808. The molecule has 0 bridgehead atoms. The summed E-state index contributed by atoms with van der Waals surface area (Å²) in [5, 5.41) is 0. The molecule has 27 heavy (non-hydrogen) atoms. The number of rotatable bonds is 4. The zero-order valence-corrected chi connectivity index (χ0v) is 15.5. The summed E-state index contributed by atoms with van der Waals surface area (Å²) in [7, 11) is 1.55. The fraction of sp³-hybridized carbons (Fsp3) is 0.474. The molecule has 8 heteroatoms. The smallest absolute Gasteiger partial charge is 0.254 e. The summed E-state index contributed by atoms with van der Waals surface area (Å²) >= 11 is 0. The molecule has 8 nitrogen and oxygen atoms in total. The molecule has 0 spiro atoms. The zero-order valence-electron chi connectivity index (χ0n) is 15.5. The van der Waals surface area contributed by atoms with Crippen LogP contribution < -0.4 is 14.5 Å². The minimum Gasteiger partial charge on any atom is -0.481 e. The van der Waals surface area contributed by atoms with Crippen LogP contribution >= 0.6 is 0 Å². The number of amides is 1. The van der Waals surface area contributed by atoms with Crippen LogP contribution in [-0.4, -0.2) is 72.1 Å². The zero-order chi connectivity index (χ0) is 18.6. The molecule has 4 heterocycles. The lowest BCUT2D eigenvalue weighted by Gasteiger charge is -2.35. The molecule has 0 aromatic carbocycles. The summed E-state index contributed by atoms with van der Waals surface area (Å²) in [4.78, 5) is 32.3. The van der Waals surface area contributed by atoms with Crippen molar-refractivity contribution < 1.29 is 9.53 Å². The molecule has 2 aromatic rings. The van der Waals surface area contributed by atoms with Crippen molar-refractivity contribution in [3.05, 3.63) is 36.2 Å². The average molecular weight is 368 g/mol. The molecular weight excluding hydrogens is 344 g/mol. The van der Waals surface area contributed by atoms with Gasteiger partial charge in [-0.15, -0.1) is 0 Å². The predicted molar refractivity (Wildman–Crippen MR) is 102 cm³/mol. The third-order valence-electron chi connectivity index (χ3n) is 5.10. The molecule has 1 amide bonds. The number of ether oxygens (including phenoxy) is 1. The van der Waals surface area contributed by atoms with Crippen molar-refractivity contribution in [2.75, 3.05) is 56.2 Å². The summed E-state index contributed by atoms with van der Waals surface area (Å²) in [6.07, 6.45) is 5.84. The van der Waals surface area contributed by atoms with E-state index in [1.165, 1.54) is 12.8 Å². The maximum Gasteiger partial charge on any atom is 0.254 e. The van der Waals surface area contributed by atoms with Crippen molar-refractivity contribution in [3.63, 3.8) is 0 Å². The Morgan fingerprint density at radius 3 is 2.44 bits per heavy atom. The Morgan fingerprint density at radius 2 is 1.70 bits per heavy atom. The molecule has 0 saturated carbocycles. The van der Waals surface area contributed by atoms with Gasteiger partial charge in [-0.1, -0.05) is 0 Å². The van der Waals surface area contributed by atoms with Gasteiger partial charge in [0.1, 0.15) is 5.82 Å². The Labute approximate surface area is 158 Å². The number of aromatic nitrogens is 3. The van der Waals surface area contributed by atoms with Gasteiger partial charge in [0.25, 0.3) is 5.91 Å². The molecule has 2 aliphatic heterocycles. The fourth-order valence-corrected chi connectivity index (χ4v) is 3.56. The second kappa shape index (κ2) is 7.77. The third-order valence-corrected chi connectivity index (χ3v) is 5.10. The molecule has 0 atom stereocenters. The number of carbonyl (C=O) groups is 1. The van der Waals surface area contributed by atoms with E-state index in [0.29, 0.717) is 24.5 Å². The molecule has 0 aliphatic carbocycles. The van der Waals surface area contributed by atoms with E-state index < -0.39 is 0 Å². The van der Waals surface area contributed by atoms with Crippen molar-refractivity contribution in [1.82, 2.24) is 19.9 Å². The van der Waals surface area contributed by atoms with Gasteiger partial charge in [-0.25, -0.2) is 9.97 Å². The lowest BCUT2D eigenvalue weighted by Crippen LogP contribution is -2.49. The summed E-state index contributed by atoms with van der Waals surface area (Å²) < 4.78 is 5.11. The van der Waals surface area contributed by atoms with E-state index in [-0.39, 0.29) is 5.91 Å². The van der Waals surface area contributed by atoms with E-state index in [4.69, 9.17) is 9.72 Å². The minimum atomic E-state index is 0.00999. The fourth-order valence-electron chi connectivity index (χ4n) is 3.56. The van der Waals surface area contributed by atoms with Crippen LogP contribution in [0.3, 0.4) is 0 Å². The highest BCUT2D eigenvalue weighted by Gasteiger charge is 2.24. The Balaban J connectivity index is 1.40. The van der Waals surface area contributed by atoms with Crippen molar-refractivity contribution >= 4 is 17.7 Å². The Bertz CT molecular complexity index is 800. The average Bonchev–Trinajstić information content (AvgIpc) is 3.28. The van der Waals surface area contributed by atoms with Crippen LogP contribution in [-0.2, 0) is 0 Å². The summed E-state index contributed by atoms with van der Waals surface area (Å²) in [6.45, 7) is 4.89. The van der Waals surface area contributed by atoms with E-state index in [1.807, 2.05) is 17.2 Å². The van der Waals surface area contributed by atoms with Gasteiger partial charge in [0.2, 0.25) is 11.8 Å². The van der Waals surface area contributed by atoms with Crippen molar-refractivity contribution in [2.45, 2.75) is 12.8 Å². The molecule has 0 radical (unpaired) electrons. The third kappa shape index (κ3) is 3.79. The first kappa shape index (κ1) is 17.5. The normalized spacial score (nSPS) is 17.3. The highest BCUT2D eigenvalue weighted by atomic mass is 16.5. The summed E-state index contributed by atoms with van der Waals surface area (Å²) in [5.41, 5.74) is 0.605. The van der Waals surface area contributed by atoms with Crippen LogP contribution in [0, 0.1) is 0 Å². The molecule has 4 rings (SSSR count). The standard InChI is InChI=1S/C19H24N6O2/c1-27-17-14-15(4-6-20-17)18(26)24-12-10-23(11-13-24)16-5-7-21-19(22-16)25-8-2-3-9-25/h4-7,14H,2-3,8-13H2,1H3. The van der Waals surface area contributed by atoms with Gasteiger partial charge in [-0.2, -0.15) is 4.98 Å².